The van der Waals surface area contributed by atoms with Gasteiger partial charge in [-0.2, -0.15) is 0 Å². The van der Waals surface area contributed by atoms with E-state index in [-0.39, 0.29) is 0 Å². The van der Waals surface area contributed by atoms with Gasteiger partial charge < -0.3 is 0 Å². The number of hydrogen-bond donors (Lipinski definition) is 0. The van der Waals surface area contributed by atoms with Crippen molar-refractivity contribution >= 4 is 58.0 Å². The number of hydrogen-bond acceptors (Lipinski definition) is 0. The van der Waals surface area contributed by atoms with E-state index in [1.807, 2.05) is 0 Å². The minimum absolute atomic E-state index is 0.338. The minimum Gasteiger partial charge on any atom is -0.0843 e. The second-order valence-electron chi connectivity index (χ2n) is 3.41. The maximum absolute atomic E-state index is 5.97. The van der Waals surface area contributed by atoms with Crippen LogP contribution in [-0.2, 0) is 0 Å². The smallest absolute Gasteiger partial charge is 0.0778 e. The number of halogens is 5. The van der Waals surface area contributed by atoms with Gasteiger partial charge in [0.1, 0.15) is 0 Å². The molecule has 0 nitrogen and oxygen atoms in total. The lowest BCUT2D eigenvalue weighted by Gasteiger charge is -2.07. The van der Waals surface area contributed by atoms with Gasteiger partial charge in [-0.05, 0) is 41.5 Å². The van der Waals surface area contributed by atoms with Crippen LogP contribution in [0.4, 0.5) is 0 Å². The summed E-state index contributed by atoms with van der Waals surface area (Å²) < 4.78 is 0. The fraction of sp³-hybridized carbons (Fsp3) is 0. The summed E-state index contributed by atoms with van der Waals surface area (Å²) in [5, 5.41) is 2.23. The molecule has 0 amide bonds. The molecule has 0 atom stereocenters. The van der Waals surface area contributed by atoms with Gasteiger partial charge in [0.2, 0.25) is 0 Å². The van der Waals surface area contributed by atoms with Gasteiger partial charge in [-0.1, -0.05) is 58.0 Å². The summed E-state index contributed by atoms with van der Waals surface area (Å²) in [6.07, 6.45) is 0. The largest absolute Gasteiger partial charge is 0.0843 e. The average molecular weight is 326 g/mol. The van der Waals surface area contributed by atoms with E-state index in [9.17, 15) is 0 Å². The highest BCUT2D eigenvalue weighted by Crippen LogP contribution is 2.36. The Balaban J connectivity index is 2.60. The van der Waals surface area contributed by atoms with Crippen LogP contribution in [0.2, 0.25) is 25.1 Å². The lowest BCUT2D eigenvalue weighted by atomic mass is 10.1. The highest BCUT2D eigenvalue weighted by molar-refractivity contribution is 6.48. The van der Waals surface area contributed by atoms with Crippen LogP contribution in [0.3, 0.4) is 0 Å². The Labute approximate surface area is 124 Å². The van der Waals surface area contributed by atoms with Crippen LogP contribution in [0.25, 0.3) is 11.1 Å². The zero-order valence-corrected chi connectivity index (χ0v) is 12.1. The van der Waals surface area contributed by atoms with Crippen LogP contribution in [-0.4, -0.2) is 0 Å². The van der Waals surface area contributed by atoms with E-state index in [0.29, 0.717) is 25.1 Å². The molecule has 0 bridgehead atoms. The second-order valence-corrected chi connectivity index (χ2v) is 5.48. The summed E-state index contributed by atoms with van der Waals surface area (Å²) in [7, 11) is 0. The summed E-state index contributed by atoms with van der Waals surface area (Å²) in [5.41, 5.74) is 1.65. The van der Waals surface area contributed by atoms with E-state index >= 15 is 0 Å². The highest BCUT2D eigenvalue weighted by atomic mass is 35.5. The molecule has 0 N–H and O–H groups in total. The zero-order valence-electron chi connectivity index (χ0n) is 8.28. The Morgan fingerprint density at radius 2 is 0.941 bits per heavy atom. The molecular formula is C12H5Cl5. The van der Waals surface area contributed by atoms with Gasteiger partial charge in [0.05, 0.1) is 15.1 Å². The third-order valence-corrected chi connectivity index (χ3v) is 3.81. The van der Waals surface area contributed by atoms with Crippen molar-refractivity contribution in [2.45, 2.75) is 0 Å². The Bertz CT molecular complexity index is 534. The summed E-state index contributed by atoms with van der Waals surface area (Å²) in [6.45, 7) is 0. The molecule has 0 aromatic heterocycles. The molecule has 2 aromatic carbocycles. The third kappa shape index (κ3) is 3.01. The normalized spacial score (nSPS) is 10.6. The van der Waals surface area contributed by atoms with Gasteiger partial charge >= 0.3 is 0 Å². The van der Waals surface area contributed by atoms with Gasteiger partial charge in [0.25, 0.3) is 0 Å². The first kappa shape index (κ1) is 13.3. The maximum atomic E-state index is 5.97. The fourth-order valence-corrected chi connectivity index (χ4v) is 2.56. The Kier molecular flexibility index (Phi) is 4.12. The Morgan fingerprint density at radius 3 is 1.41 bits per heavy atom. The number of rotatable bonds is 1. The van der Waals surface area contributed by atoms with Gasteiger partial charge in [-0.3, -0.25) is 0 Å². The van der Waals surface area contributed by atoms with Crippen LogP contribution < -0.4 is 0 Å². The summed E-state index contributed by atoms with van der Waals surface area (Å²) in [5.74, 6) is 0. The van der Waals surface area contributed by atoms with Crippen LogP contribution in [0, 0.1) is 0 Å². The van der Waals surface area contributed by atoms with E-state index in [1.54, 1.807) is 30.3 Å². The van der Waals surface area contributed by atoms with Gasteiger partial charge in [-0.15, -0.1) is 0 Å². The van der Waals surface area contributed by atoms with Crippen molar-refractivity contribution in [1.82, 2.24) is 0 Å². The van der Waals surface area contributed by atoms with E-state index < -0.39 is 0 Å². The average Bonchev–Trinajstić information content (AvgIpc) is 2.23. The fourth-order valence-electron chi connectivity index (χ4n) is 1.44. The van der Waals surface area contributed by atoms with Crippen molar-refractivity contribution in [2.24, 2.45) is 0 Å². The van der Waals surface area contributed by atoms with Crippen molar-refractivity contribution in [3.8, 4) is 11.1 Å². The Hall–Kier alpha value is -0.110. The van der Waals surface area contributed by atoms with Gasteiger partial charge in [0, 0.05) is 10.0 Å². The molecule has 5 heteroatoms. The second kappa shape index (κ2) is 5.26. The zero-order chi connectivity index (χ0) is 12.6. The standard InChI is InChI=1S/C12H5Cl5/c13-8-1-6(2-9(14)5-8)7-3-10(15)12(17)11(16)4-7/h1-5H. The molecule has 0 saturated heterocycles. The van der Waals surface area contributed by atoms with Crippen LogP contribution in [0.15, 0.2) is 30.3 Å². The van der Waals surface area contributed by atoms with E-state index in [1.165, 1.54) is 0 Å². The van der Waals surface area contributed by atoms with Crippen molar-refractivity contribution in [3.05, 3.63) is 55.4 Å². The highest BCUT2D eigenvalue weighted by Gasteiger charge is 2.08. The molecular weight excluding hydrogens is 321 g/mol. The van der Waals surface area contributed by atoms with Gasteiger partial charge in [-0.25, -0.2) is 0 Å². The summed E-state index contributed by atoms with van der Waals surface area (Å²) in [6, 6.07) is 8.66. The van der Waals surface area contributed by atoms with Crippen LogP contribution in [0.1, 0.15) is 0 Å². The summed E-state index contributed by atoms with van der Waals surface area (Å²) >= 11 is 29.7. The first-order chi connectivity index (χ1) is 7.97. The molecule has 0 unspecified atom stereocenters. The lowest BCUT2D eigenvalue weighted by molar-refractivity contribution is 1.61. The molecule has 0 fully saturated rings. The maximum Gasteiger partial charge on any atom is 0.0778 e. The third-order valence-electron chi connectivity index (χ3n) is 2.18. The minimum atomic E-state index is 0.338. The van der Waals surface area contributed by atoms with Gasteiger partial charge in [0.15, 0.2) is 0 Å². The van der Waals surface area contributed by atoms with E-state index in [4.69, 9.17) is 58.0 Å². The first-order valence-electron chi connectivity index (χ1n) is 4.58. The topological polar surface area (TPSA) is 0 Å². The molecule has 0 heterocycles. The molecule has 0 saturated carbocycles. The van der Waals surface area contributed by atoms with Crippen molar-refractivity contribution in [2.75, 3.05) is 0 Å². The molecule has 2 aromatic rings. The molecule has 2 rings (SSSR count). The SMILES string of the molecule is Clc1cc(Cl)cc(-c2cc(Cl)c(Cl)c(Cl)c2)c1. The number of benzene rings is 2. The van der Waals surface area contributed by atoms with Crippen molar-refractivity contribution in [3.63, 3.8) is 0 Å². The molecule has 0 spiro atoms. The van der Waals surface area contributed by atoms with E-state index in [0.717, 1.165) is 11.1 Å². The molecule has 17 heavy (non-hydrogen) atoms. The monoisotopic (exact) mass is 324 g/mol. The predicted molar refractivity (Wildman–Crippen MR) is 76.9 cm³/mol. The first-order valence-corrected chi connectivity index (χ1v) is 6.47. The quantitative estimate of drug-likeness (QED) is 0.517. The lowest BCUT2D eigenvalue weighted by Crippen LogP contribution is -1.81. The molecule has 88 valence electrons. The molecule has 0 radical (unpaired) electrons. The summed E-state index contributed by atoms with van der Waals surface area (Å²) in [4.78, 5) is 0. The molecule has 0 aliphatic rings. The van der Waals surface area contributed by atoms with E-state index in [2.05, 4.69) is 0 Å². The molecule has 0 aliphatic heterocycles. The Morgan fingerprint density at radius 1 is 0.529 bits per heavy atom. The van der Waals surface area contributed by atoms with Crippen LogP contribution >= 0.6 is 58.0 Å². The van der Waals surface area contributed by atoms with Crippen molar-refractivity contribution < 1.29 is 0 Å². The predicted octanol–water partition coefficient (Wildman–Crippen LogP) is 6.62. The van der Waals surface area contributed by atoms with Crippen molar-refractivity contribution in [1.29, 1.82) is 0 Å². The molecule has 0 aliphatic carbocycles. The van der Waals surface area contributed by atoms with Crippen LogP contribution in [0.5, 0.6) is 0 Å².